The Morgan fingerprint density at radius 3 is 2.92 bits per heavy atom. The molecule has 3 aromatic rings. The molecule has 120 valence electrons. The van der Waals surface area contributed by atoms with Gasteiger partial charge in [-0.1, -0.05) is 35.6 Å². The second-order valence-corrected chi connectivity index (χ2v) is 6.32. The Balaban J connectivity index is 1.53. The number of benzene rings is 1. The second-order valence-electron chi connectivity index (χ2n) is 5.34. The van der Waals surface area contributed by atoms with Crippen LogP contribution in [0.5, 0.6) is 5.75 Å². The first-order valence-electron chi connectivity index (χ1n) is 7.59. The van der Waals surface area contributed by atoms with Crippen molar-refractivity contribution in [1.82, 2.24) is 15.2 Å². The first kappa shape index (κ1) is 14.8. The molecule has 6 nitrogen and oxygen atoms in total. The Hall–Kier alpha value is -2.80. The van der Waals surface area contributed by atoms with Gasteiger partial charge in [-0.2, -0.15) is 0 Å². The molecule has 1 aromatic carbocycles. The summed E-state index contributed by atoms with van der Waals surface area (Å²) >= 11 is 1.31. The van der Waals surface area contributed by atoms with Crippen LogP contribution in [0, 0.1) is 0 Å². The summed E-state index contributed by atoms with van der Waals surface area (Å²) < 4.78 is 5.60. The van der Waals surface area contributed by atoms with Crippen LogP contribution in [0.2, 0.25) is 0 Å². The van der Waals surface area contributed by atoms with Gasteiger partial charge in [0, 0.05) is 11.8 Å². The monoisotopic (exact) mass is 338 g/mol. The molecule has 3 heterocycles. The molecule has 1 N–H and O–H groups in total. The normalized spacial score (nSPS) is 16.1. The van der Waals surface area contributed by atoms with Gasteiger partial charge in [0.15, 0.2) is 5.01 Å². The van der Waals surface area contributed by atoms with Gasteiger partial charge in [-0.25, -0.2) is 0 Å². The summed E-state index contributed by atoms with van der Waals surface area (Å²) in [5, 5.41) is 12.2. The van der Waals surface area contributed by atoms with E-state index in [9.17, 15) is 4.79 Å². The third-order valence-corrected chi connectivity index (χ3v) is 4.68. The van der Waals surface area contributed by atoms with Crippen molar-refractivity contribution >= 4 is 22.4 Å². The van der Waals surface area contributed by atoms with Gasteiger partial charge >= 0.3 is 0 Å². The molecule has 1 amide bonds. The van der Waals surface area contributed by atoms with Crippen molar-refractivity contribution in [3.63, 3.8) is 0 Å². The zero-order chi connectivity index (χ0) is 16.4. The van der Waals surface area contributed by atoms with Crippen LogP contribution in [0.25, 0.3) is 10.7 Å². The highest BCUT2D eigenvalue weighted by Gasteiger charge is 2.28. The van der Waals surface area contributed by atoms with Gasteiger partial charge in [0.25, 0.3) is 0 Å². The van der Waals surface area contributed by atoms with E-state index in [1.165, 1.54) is 11.3 Å². The van der Waals surface area contributed by atoms with Crippen molar-refractivity contribution in [2.75, 3.05) is 11.9 Å². The van der Waals surface area contributed by atoms with E-state index in [4.69, 9.17) is 4.74 Å². The topological polar surface area (TPSA) is 77.0 Å². The highest BCUT2D eigenvalue weighted by Crippen LogP contribution is 2.34. The van der Waals surface area contributed by atoms with Gasteiger partial charge in [0.05, 0.1) is 12.5 Å². The molecule has 4 rings (SSSR count). The maximum absolute atomic E-state index is 12.6. The van der Waals surface area contributed by atoms with Crippen molar-refractivity contribution in [1.29, 1.82) is 0 Å². The number of nitrogens with one attached hydrogen (secondary N) is 1. The van der Waals surface area contributed by atoms with Gasteiger partial charge < -0.3 is 4.74 Å². The summed E-state index contributed by atoms with van der Waals surface area (Å²) in [6.07, 6.45) is 2.35. The lowest BCUT2D eigenvalue weighted by Crippen LogP contribution is -2.26. The fourth-order valence-electron chi connectivity index (χ4n) is 2.67. The van der Waals surface area contributed by atoms with Gasteiger partial charge in [-0.05, 0) is 24.6 Å². The van der Waals surface area contributed by atoms with Crippen LogP contribution in [-0.4, -0.2) is 27.7 Å². The standard InChI is InChI=1S/C17H14N4O2S/c22-15(12-8-10-23-14-7-2-1-5-11(12)14)19-17-21-20-16(24-17)13-6-3-4-9-18-13/h1-7,9,12H,8,10H2,(H,19,21,22). The van der Waals surface area contributed by atoms with E-state index in [0.717, 1.165) is 17.0 Å². The van der Waals surface area contributed by atoms with Crippen LogP contribution >= 0.6 is 11.3 Å². The van der Waals surface area contributed by atoms with Crippen molar-refractivity contribution in [2.24, 2.45) is 0 Å². The van der Waals surface area contributed by atoms with Crippen LogP contribution in [-0.2, 0) is 4.79 Å². The van der Waals surface area contributed by atoms with Crippen LogP contribution in [0.1, 0.15) is 17.9 Å². The van der Waals surface area contributed by atoms with Crippen molar-refractivity contribution in [2.45, 2.75) is 12.3 Å². The predicted octanol–water partition coefficient (Wildman–Crippen LogP) is 3.10. The zero-order valence-electron chi connectivity index (χ0n) is 12.7. The zero-order valence-corrected chi connectivity index (χ0v) is 13.5. The molecule has 2 aromatic heterocycles. The SMILES string of the molecule is O=C(Nc1nnc(-c2ccccn2)s1)C1CCOc2ccccc21. The van der Waals surface area contributed by atoms with Crippen LogP contribution in [0.4, 0.5) is 5.13 Å². The average Bonchev–Trinajstić information content (AvgIpc) is 3.10. The predicted molar refractivity (Wildman–Crippen MR) is 91.1 cm³/mol. The number of rotatable bonds is 3. The number of amides is 1. The van der Waals surface area contributed by atoms with Crippen LogP contribution in [0.3, 0.4) is 0 Å². The highest BCUT2D eigenvalue weighted by molar-refractivity contribution is 7.18. The number of aromatic nitrogens is 3. The van der Waals surface area contributed by atoms with Gasteiger partial charge in [-0.15, -0.1) is 10.2 Å². The van der Waals surface area contributed by atoms with Gasteiger partial charge in [0.1, 0.15) is 11.4 Å². The molecule has 0 spiro atoms. The Morgan fingerprint density at radius 2 is 2.04 bits per heavy atom. The molecule has 1 aliphatic rings. The maximum atomic E-state index is 12.6. The largest absolute Gasteiger partial charge is 0.493 e. The highest BCUT2D eigenvalue weighted by atomic mass is 32.1. The van der Waals surface area contributed by atoms with E-state index in [2.05, 4.69) is 20.5 Å². The number of carbonyl (C=O) groups excluding carboxylic acids is 1. The lowest BCUT2D eigenvalue weighted by Gasteiger charge is -2.24. The van der Waals surface area contributed by atoms with Crippen LogP contribution in [0.15, 0.2) is 48.7 Å². The number of para-hydroxylation sites is 1. The minimum absolute atomic E-state index is 0.0885. The summed E-state index contributed by atoms with van der Waals surface area (Å²) in [6.45, 7) is 0.532. The Morgan fingerprint density at radius 1 is 1.17 bits per heavy atom. The molecule has 1 unspecified atom stereocenters. The Kier molecular flexibility index (Phi) is 3.92. The average molecular weight is 338 g/mol. The maximum Gasteiger partial charge on any atom is 0.234 e. The number of ether oxygens (including phenoxy) is 1. The molecule has 0 fully saturated rings. The van der Waals surface area contributed by atoms with E-state index in [0.29, 0.717) is 23.2 Å². The summed E-state index contributed by atoms with van der Waals surface area (Å²) in [4.78, 5) is 16.9. The van der Waals surface area contributed by atoms with Gasteiger partial charge in [0.2, 0.25) is 11.0 Å². The molecule has 0 saturated carbocycles. The summed E-state index contributed by atoms with van der Waals surface area (Å²) in [7, 11) is 0. The minimum atomic E-state index is -0.239. The van der Waals surface area contributed by atoms with Crippen molar-refractivity contribution < 1.29 is 9.53 Å². The van der Waals surface area contributed by atoms with Gasteiger partial charge in [-0.3, -0.25) is 15.1 Å². The molecule has 0 saturated heterocycles. The van der Waals surface area contributed by atoms with Crippen LogP contribution < -0.4 is 10.1 Å². The van der Waals surface area contributed by atoms with Crippen molar-refractivity contribution in [3.8, 4) is 16.5 Å². The molecule has 1 atom stereocenters. The third kappa shape index (κ3) is 2.85. The Labute approximate surface area is 142 Å². The number of nitrogens with zero attached hydrogens (tertiary/aromatic N) is 3. The van der Waals surface area contributed by atoms with E-state index in [1.807, 2.05) is 42.5 Å². The molecule has 1 aliphatic heterocycles. The fraction of sp³-hybridized carbons (Fsp3) is 0.176. The smallest absolute Gasteiger partial charge is 0.234 e. The van der Waals surface area contributed by atoms with E-state index >= 15 is 0 Å². The summed E-state index contributed by atoms with van der Waals surface area (Å²) in [5.41, 5.74) is 1.66. The third-order valence-electron chi connectivity index (χ3n) is 3.81. The van der Waals surface area contributed by atoms with E-state index < -0.39 is 0 Å². The minimum Gasteiger partial charge on any atom is -0.493 e. The lowest BCUT2D eigenvalue weighted by atomic mass is 9.92. The molecular weight excluding hydrogens is 324 g/mol. The first-order valence-corrected chi connectivity index (χ1v) is 8.40. The molecular formula is C17H14N4O2S. The number of carbonyl (C=O) groups is 1. The quantitative estimate of drug-likeness (QED) is 0.794. The number of hydrogen-bond acceptors (Lipinski definition) is 6. The Bertz CT molecular complexity index is 866. The second kappa shape index (κ2) is 6.37. The summed E-state index contributed by atoms with van der Waals surface area (Å²) in [5.74, 6) is 0.446. The molecule has 0 bridgehead atoms. The number of pyridine rings is 1. The molecule has 7 heteroatoms. The summed E-state index contributed by atoms with van der Waals surface area (Å²) in [6, 6.07) is 13.2. The number of anilines is 1. The fourth-order valence-corrected chi connectivity index (χ4v) is 3.40. The number of hydrogen-bond donors (Lipinski definition) is 1. The molecule has 0 radical (unpaired) electrons. The first-order chi connectivity index (χ1) is 11.8. The molecule has 24 heavy (non-hydrogen) atoms. The van der Waals surface area contributed by atoms with Crippen molar-refractivity contribution in [3.05, 3.63) is 54.2 Å². The molecule has 0 aliphatic carbocycles. The lowest BCUT2D eigenvalue weighted by molar-refractivity contribution is -0.118. The number of fused-ring (bicyclic) bond motifs is 1. The van der Waals surface area contributed by atoms with E-state index in [1.54, 1.807) is 6.20 Å². The van der Waals surface area contributed by atoms with E-state index in [-0.39, 0.29) is 11.8 Å².